The Bertz CT molecular complexity index is 1990. The van der Waals surface area contributed by atoms with E-state index in [9.17, 15) is 19.2 Å². The first-order valence-electron chi connectivity index (χ1n) is 17.4. The summed E-state index contributed by atoms with van der Waals surface area (Å²) in [6.45, 7) is 5.38. The summed E-state index contributed by atoms with van der Waals surface area (Å²) in [5.41, 5.74) is 6.39. The number of amides is 4. The van der Waals surface area contributed by atoms with E-state index in [0.717, 1.165) is 51.6 Å². The number of carbonyl (C=O) groups is 4. The summed E-state index contributed by atoms with van der Waals surface area (Å²) in [7, 11) is 0. The second-order valence-electron chi connectivity index (χ2n) is 13.2. The first kappa shape index (κ1) is 34.3. The standard InChI is InChI=1S/C39H40ClN5O6/c1-3-50-37(48)24-42-16-15-36(47)45(39(42)49)29-9-4-8-26(18-29)21-43-22-28(20-41-43)30-10-5-12-33-38(30)31-19-27(31)23-44(33)35(46)14-7-17-51-34-13-6-11-32(40)25(34)2/h4-6,8-13,18,20,22,27,31H,3,7,14-17,19,21,23-24H2,1-2H3/t27-,31-/m0/s1. The Kier molecular flexibility index (Phi) is 9.82. The number of aromatic nitrogens is 2. The molecule has 0 bridgehead atoms. The van der Waals surface area contributed by atoms with Crippen LogP contribution in [0.1, 0.15) is 55.2 Å². The lowest BCUT2D eigenvalue weighted by Gasteiger charge is -2.33. The second-order valence-corrected chi connectivity index (χ2v) is 13.7. The Morgan fingerprint density at radius 2 is 1.88 bits per heavy atom. The molecule has 4 aromatic rings. The minimum absolute atomic E-state index is 0.0930. The molecular weight excluding hydrogens is 670 g/mol. The number of carbonyl (C=O) groups excluding carboxylic acids is 4. The fraction of sp³-hybridized carbons (Fsp3) is 0.359. The summed E-state index contributed by atoms with van der Waals surface area (Å²) in [5.74, 6) is 0.861. The first-order chi connectivity index (χ1) is 24.7. The highest BCUT2D eigenvalue weighted by Crippen LogP contribution is 2.57. The maximum atomic E-state index is 13.6. The Balaban J connectivity index is 1.03. The zero-order chi connectivity index (χ0) is 35.6. The molecule has 3 aromatic carbocycles. The van der Waals surface area contributed by atoms with E-state index in [2.05, 4.69) is 11.2 Å². The van der Waals surface area contributed by atoms with Gasteiger partial charge in [0.2, 0.25) is 11.8 Å². The zero-order valence-electron chi connectivity index (χ0n) is 28.7. The van der Waals surface area contributed by atoms with Crippen LogP contribution in [0.25, 0.3) is 11.1 Å². The van der Waals surface area contributed by atoms with Crippen molar-refractivity contribution < 1.29 is 28.7 Å². The number of ether oxygens (including phenoxy) is 2. The highest BCUT2D eigenvalue weighted by atomic mass is 35.5. The van der Waals surface area contributed by atoms with E-state index in [4.69, 9.17) is 21.1 Å². The topological polar surface area (TPSA) is 114 Å². The van der Waals surface area contributed by atoms with Crippen molar-refractivity contribution in [1.29, 1.82) is 0 Å². The lowest BCUT2D eigenvalue weighted by Crippen LogP contribution is -2.54. The van der Waals surface area contributed by atoms with Gasteiger partial charge in [0.15, 0.2) is 0 Å². The number of hydrogen-bond acceptors (Lipinski definition) is 7. The minimum Gasteiger partial charge on any atom is -0.493 e. The van der Waals surface area contributed by atoms with Gasteiger partial charge in [0, 0.05) is 54.0 Å². The number of urea groups is 1. The third kappa shape index (κ3) is 7.21. The van der Waals surface area contributed by atoms with E-state index in [1.165, 1.54) is 10.5 Å². The summed E-state index contributed by atoms with van der Waals surface area (Å²) in [4.78, 5) is 56.1. The van der Waals surface area contributed by atoms with E-state index in [-0.39, 0.29) is 37.9 Å². The number of rotatable bonds is 12. The third-order valence-corrected chi connectivity index (χ3v) is 10.2. The van der Waals surface area contributed by atoms with Crippen LogP contribution >= 0.6 is 11.6 Å². The summed E-state index contributed by atoms with van der Waals surface area (Å²) in [5, 5.41) is 5.32. The second kappa shape index (κ2) is 14.6. The van der Waals surface area contributed by atoms with Crippen molar-refractivity contribution in [3.8, 4) is 16.9 Å². The van der Waals surface area contributed by atoms with Crippen LogP contribution in [0, 0.1) is 12.8 Å². The molecule has 3 heterocycles. The number of nitrogens with zero attached hydrogens (tertiary/aromatic N) is 5. The van der Waals surface area contributed by atoms with Gasteiger partial charge in [-0.05, 0) is 85.5 Å². The molecule has 2 atom stereocenters. The fourth-order valence-electron chi connectivity index (χ4n) is 7.11. The molecule has 3 aliphatic rings. The van der Waals surface area contributed by atoms with Crippen LogP contribution < -0.4 is 14.5 Å². The average Bonchev–Trinajstić information content (AvgIpc) is 3.77. The molecule has 2 fully saturated rings. The van der Waals surface area contributed by atoms with E-state index in [1.54, 1.807) is 25.1 Å². The lowest BCUT2D eigenvalue weighted by atomic mass is 9.92. The molecule has 1 saturated carbocycles. The fourth-order valence-corrected chi connectivity index (χ4v) is 7.27. The summed E-state index contributed by atoms with van der Waals surface area (Å²) in [6.07, 6.45) is 5.99. The molecule has 51 heavy (non-hydrogen) atoms. The van der Waals surface area contributed by atoms with E-state index < -0.39 is 12.0 Å². The van der Waals surface area contributed by atoms with Gasteiger partial charge in [0.1, 0.15) is 12.3 Å². The zero-order valence-corrected chi connectivity index (χ0v) is 29.5. The number of esters is 1. The van der Waals surface area contributed by atoms with Crippen LogP contribution in [0.4, 0.5) is 16.2 Å². The lowest BCUT2D eigenvalue weighted by molar-refractivity contribution is -0.144. The number of benzene rings is 3. The van der Waals surface area contributed by atoms with Gasteiger partial charge < -0.3 is 19.3 Å². The normalized spacial score (nSPS) is 18.0. The van der Waals surface area contributed by atoms with Gasteiger partial charge in [0.05, 0.1) is 31.6 Å². The van der Waals surface area contributed by atoms with Crippen molar-refractivity contribution in [2.75, 3.05) is 42.6 Å². The number of anilines is 2. The van der Waals surface area contributed by atoms with Gasteiger partial charge in [-0.25, -0.2) is 9.69 Å². The molecule has 1 saturated heterocycles. The van der Waals surface area contributed by atoms with Gasteiger partial charge in [-0.1, -0.05) is 41.9 Å². The molecule has 7 rings (SSSR count). The molecule has 0 spiro atoms. The highest BCUT2D eigenvalue weighted by molar-refractivity contribution is 6.31. The molecule has 4 amide bonds. The predicted molar refractivity (Wildman–Crippen MR) is 193 cm³/mol. The van der Waals surface area contributed by atoms with Crippen LogP contribution in [-0.2, 0) is 25.7 Å². The molecule has 0 radical (unpaired) electrons. The molecule has 1 aromatic heterocycles. The Labute approximate surface area is 301 Å². The monoisotopic (exact) mass is 709 g/mol. The van der Waals surface area contributed by atoms with Crippen molar-refractivity contribution in [2.45, 2.75) is 52.0 Å². The van der Waals surface area contributed by atoms with Gasteiger partial charge >= 0.3 is 12.0 Å². The molecule has 11 nitrogen and oxygen atoms in total. The quantitative estimate of drug-likeness (QED) is 0.120. The van der Waals surface area contributed by atoms with Gasteiger partial charge in [-0.15, -0.1) is 0 Å². The third-order valence-electron chi connectivity index (χ3n) is 9.79. The minimum atomic E-state index is -0.543. The van der Waals surface area contributed by atoms with Crippen molar-refractivity contribution in [1.82, 2.24) is 14.7 Å². The average molecular weight is 710 g/mol. The van der Waals surface area contributed by atoms with Crippen molar-refractivity contribution in [2.24, 2.45) is 5.92 Å². The summed E-state index contributed by atoms with van der Waals surface area (Å²) >= 11 is 6.22. The highest BCUT2D eigenvalue weighted by Gasteiger charge is 2.47. The number of imide groups is 1. The van der Waals surface area contributed by atoms with Crippen LogP contribution in [0.5, 0.6) is 5.75 Å². The molecule has 0 N–H and O–H groups in total. The SMILES string of the molecule is CCOC(=O)CN1CCC(=O)N(c2cccc(Cn3cc(-c4cccc5c4[C@H]4C[C@H]4CN5C(=O)CCCOc4cccc(Cl)c4C)cn3)c2)C1=O. The number of hydrogen-bond donors (Lipinski definition) is 0. The van der Waals surface area contributed by atoms with Crippen LogP contribution in [0.15, 0.2) is 73.1 Å². The molecule has 12 heteroatoms. The Morgan fingerprint density at radius 3 is 2.73 bits per heavy atom. The van der Waals surface area contributed by atoms with E-state index in [1.807, 2.05) is 65.3 Å². The van der Waals surface area contributed by atoms with Gasteiger partial charge in [-0.3, -0.25) is 19.1 Å². The molecular formula is C39H40ClN5O6. The van der Waals surface area contributed by atoms with Crippen molar-refractivity contribution in [3.63, 3.8) is 0 Å². The van der Waals surface area contributed by atoms with Crippen LogP contribution in [0.2, 0.25) is 5.02 Å². The smallest absolute Gasteiger partial charge is 0.331 e. The van der Waals surface area contributed by atoms with Gasteiger partial charge in [0.25, 0.3) is 0 Å². The number of fused-ring (bicyclic) bond motifs is 3. The van der Waals surface area contributed by atoms with Gasteiger partial charge in [-0.2, -0.15) is 5.10 Å². The van der Waals surface area contributed by atoms with Crippen LogP contribution in [-0.4, -0.2) is 71.3 Å². The summed E-state index contributed by atoms with van der Waals surface area (Å²) < 4.78 is 12.8. The van der Waals surface area contributed by atoms with E-state index >= 15 is 0 Å². The maximum absolute atomic E-state index is 13.6. The van der Waals surface area contributed by atoms with Crippen molar-refractivity contribution >= 4 is 46.8 Å². The molecule has 2 aliphatic heterocycles. The first-order valence-corrected chi connectivity index (χ1v) is 17.8. The Hall–Kier alpha value is -5.16. The molecule has 264 valence electrons. The number of halogens is 1. The van der Waals surface area contributed by atoms with Crippen LogP contribution in [0.3, 0.4) is 0 Å². The largest absolute Gasteiger partial charge is 0.493 e. The summed E-state index contributed by atoms with van der Waals surface area (Å²) in [6, 6.07) is 18.4. The molecule has 0 unspecified atom stereocenters. The van der Waals surface area contributed by atoms with Crippen molar-refractivity contribution in [3.05, 3.63) is 94.8 Å². The molecule has 1 aliphatic carbocycles. The Morgan fingerprint density at radius 1 is 1.06 bits per heavy atom. The van der Waals surface area contributed by atoms with E-state index in [0.29, 0.717) is 48.5 Å². The maximum Gasteiger partial charge on any atom is 0.331 e. The predicted octanol–water partition coefficient (Wildman–Crippen LogP) is 6.59.